The lowest BCUT2D eigenvalue weighted by Gasteiger charge is -2.41. The number of urea groups is 1. The molecule has 0 aromatic heterocycles. The number of hydrogen-bond donors (Lipinski definition) is 1. The number of benzene rings is 3. The number of amidine groups is 1. The van der Waals surface area contributed by atoms with Gasteiger partial charge < -0.3 is 14.8 Å². The number of hydrogen-bond acceptors (Lipinski definition) is 5. The van der Waals surface area contributed by atoms with E-state index in [1.165, 1.54) is 6.42 Å². The molecule has 1 aliphatic heterocycles. The number of unbranched alkanes of at least 4 members (excludes halogenated alkanes) is 1. The summed E-state index contributed by atoms with van der Waals surface area (Å²) in [5.41, 5.74) is 3.64. The first-order valence-electron chi connectivity index (χ1n) is 16.0. The molecule has 5 rings (SSSR count). The van der Waals surface area contributed by atoms with Gasteiger partial charge in [-0.1, -0.05) is 75.1 Å². The molecule has 44 heavy (non-hydrogen) atoms. The molecule has 0 bridgehead atoms. The summed E-state index contributed by atoms with van der Waals surface area (Å²) in [6.45, 7) is 4.74. The minimum absolute atomic E-state index is 0.0853. The van der Waals surface area contributed by atoms with E-state index in [9.17, 15) is 9.59 Å². The van der Waals surface area contributed by atoms with E-state index in [-0.39, 0.29) is 23.3 Å². The van der Waals surface area contributed by atoms with Crippen molar-refractivity contribution in [3.63, 3.8) is 0 Å². The van der Waals surface area contributed by atoms with Gasteiger partial charge in [-0.3, -0.25) is 0 Å². The number of amides is 2. The SMILES string of the molecule is CCCCC1=Nc2ccccc2[N+]1(Cc1ccc(OC(C(=O)OCC)c2ccccc2)cc1)N(C)C(=O)NC1CCCCC1. The summed E-state index contributed by atoms with van der Waals surface area (Å²) in [5.74, 6) is 1.09. The molecule has 2 unspecified atom stereocenters. The molecule has 0 saturated heterocycles. The van der Waals surface area contributed by atoms with Gasteiger partial charge in [0.1, 0.15) is 18.0 Å². The van der Waals surface area contributed by atoms with Gasteiger partial charge in [-0.2, -0.15) is 10.0 Å². The number of ether oxygens (including phenoxy) is 2. The average Bonchev–Trinajstić information content (AvgIpc) is 3.37. The Kier molecular flexibility index (Phi) is 10.3. The highest BCUT2D eigenvalue weighted by Crippen LogP contribution is 2.44. The van der Waals surface area contributed by atoms with Crippen LogP contribution in [0, 0.1) is 0 Å². The predicted octanol–water partition coefficient (Wildman–Crippen LogP) is 8.00. The molecule has 232 valence electrons. The van der Waals surface area contributed by atoms with E-state index in [4.69, 9.17) is 14.5 Å². The van der Waals surface area contributed by atoms with E-state index < -0.39 is 12.1 Å². The first-order chi connectivity index (χ1) is 21.5. The van der Waals surface area contributed by atoms with Gasteiger partial charge >= 0.3 is 12.0 Å². The fraction of sp³-hybridized carbons (Fsp3) is 0.417. The maximum Gasteiger partial charge on any atom is 0.362 e. The van der Waals surface area contributed by atoms with Crippen molar-refractivity contribution in [3.05, 3.63) is 90.0 Å². The van der Waals surface area contributed by atoms with Crippen molar-refractivity contribution >= 4 is 29.2 Å². The monoisotopic (exact) mass is 597 g/mol. The van der Waals surface area contributed by atoms with Crippen LogP contribution in [0.15, 0.2) is 83.9 Å². The molecular weight excluding hydrogens is 552 g/mol. The second kappa shape index (κ2) is 14.5. The highest BCUT2D eigenvalue weighted by Gasteiger charge is 2.50. The van der Waals surface area contributed by atoms with E-state index in [1.54, 1.807) is 6.92 Å². The largest absolute Gasteiger partial charge is 0.474 e. The van der Waals surface area contributed by atoms with Crippen LogP contribution in [0.1, 0.15) is 82.4 Å². The Hall–Kier alpha value is -4.17. The molecule has 0 radical (unpaired) electrons. The minimum Gasteiger partial charge on any atom is -0.474 e. The molecule has 1 saturated carbocycles. The van der Waals surface area contributed by atoms with Crippen LogP contribution >= 0.6 is 0 Å². The number of nitrogens with zero attached hydrogens (tertiary/aromatic N) is 3. The highest BCUT2D eigenvalue weighted by atomic mass is 16.6. The number of esters is 1. The minimum atomic E-state index is -0.867. The fourth-order valence-corrected chi connectivity index (χ4v) is 6.27. The third-order valence-corrected chi connectivity index (χ3v) is 8.64. The van der Waals surface area contributed by atoms with Gasteiger partial charge in [-0.25, -0.2) is 9.59 Å². The summed E-state index contributed by atoms with van der Waals surface area (Å²) in [7, 11) is 1.89. The van der Waals surface area contributed by atoms with Gasteiger partial charge in [0.2, 0.25) is 11.9 Å². The molecule has 1 N–H and O–H groups in total. The number of para-hydroxylation sites is 2. The highest BCUT2D eigenvalue weighted by molar-refractivity contribution is 6.03. The fourth-order valence-electron chi connectivity index (χ4n) is 6.27. The van der Waals surface area contributed by atoms with E-state index in [0.717, 1.165) is 73.3 Å². The summed E-state index contributed by atoms with van der Waals surface area (Å²) in [5, 5.41) is 5.17. The Bertz CT molecular complexity index is 1440. The number of fused-ring (bicyclic) bond motifs is 1. The normalized spacial score (nSPS) is 18.6. The van der Waals surface area contributed by atoms with Crippen molar-refractivity contribution in [2.24, 2.45) is 4.99 Å². The molecule has 1 aliphatic carbocycles. The Morgan fingerprint density at radius 3 is 2.36 bits per heavy atom. The summed E-state index contributed by atoms with van der Waals surface area (Å²) >= 11 is 0. The molecule has 3 aromatic carbocycles. The van der Waals surface area contributed by atoms with Gasteiger partial charge in [0.05, 0.1) is 13.7 Å². The number of nitrogens with one attached hydrogen (secondary N) is 1. The molecule has 8 heteroatoms. The van der Waals surface area contributed by atoms with Crippen LogP contribution in [0.4, 0.5) is 16.2 Å². The molecule has 8 nitrogen and oxygen atoms in total. The Morgan fingerprint density at radius 1 is 0.955 bits per heavy atom. The first-order valence-corrected chi connectivity index (χ1v) is 16.0. The number of rotatable bonds is 12. The van der Waals surface area contributed by atoms with Crippen LogP contribution in [-0.2, 0) is 16.1 Å². The van der Waals surface area contributed by atoms with Crippen LogP contribution in [0.3, 0.4) is 0 Å². The van der Waals surface area contributed by atoms with Crippen LogP contribution in [-0.4, -0.2) is 42.5 Å². The van der Waals surface area contributed by atoms with E-state index in [1.807, 2.05) is 84.9 Å². The van der Waals surface area contributed by atoms with E-state index >= 15 is 0 Å². The van der Waals surface area contributed by atoms with Gasteiger partial charge in [0, 0.05) is 29.7 Å². The zero-order valence-corrected chi connectivity index (χ0v) is 26.2. The number of quaternary nitrogens is 1. The van der Waals surface area contributed by atoms with Gasteiger partial charge in [0.25, 0.3) is 0 Å². The van der Waals surface area contributed by atoms with Crippen LogP contribution in [0.25, 0.3) is 0 Å². The van der Waals surface area contributed by atoms with Crippen LogP contribution in [0.5, 0.6) is 5.75 Å². The van der Waals surface area contributed by atoms with E-state index in [2.05, 4.69) is 18.3 Å². The smallest absolute Gasteiger partial charge is 0.362 e. The summed E-state index contributed by atoms with van der Waals surface area (Å²) in [6, 6.07) is 25.4. The summed E-state index contributed by atoms with van der Waals surface area (Å²) in [4.78, 5) is 31.8. The Balaban J connectivity index is 1.45. The number of carbonyl (C=O) groups excluding carboxylic acids is 2. The van der Waals surface area contributed by atoms with E-state index in [0.29, 0.717) is 12.3 Å². The lowest BCUT2D eigenvalue weighted by atomic mass is 9.96. The molecule has 2 amide bonds. The van der Waals surface area contributed by atoms with Crippen molar-refractivity contribution in [1.29, 1.82) is 0 Å². The maximum atomic E-state index is 13.9. The zero-order valence-electron chi connectivity index (χ0n) is 26.2. The average molecular weight is 598 g/mol. The first kappa shape index (κ1) is 31.3. The van der Waals surface area contributed by atoms with Crippen molar-refractivity contribution < 1.29 is 19.1 Å². The van der Waals surface area contributed by atoms with Crippen LogP contribution < -0.4 is 14.6 Å². The number of aliphatic imine (C=N–C) groups is 1. The summed E-state index contributed by atoms with van der Waals surface area (Å²) < 4.78 is 11.7. The molecule has 0 spiro atoms. The molecule has 2 aliphatic rings. The molecular formula is C36H45N4O4+. The predicted molar refractivity (Wildman–Crippen MR) is 175 cm³/mol. The van der Waals surface area contributed by atoms with Crippen molar-refractivity contribution in [2.45, 2.75) is 83.9 Å². The molecule has 3 aromatic rings. The van der Waals surface area contributed by atoms with Crippen molar-refractivity contribution in [1.82, 2.24) is 14.9 Å². The quantitative estimate of drug-likeness (QED) is 0.169. The third kappa shape index (κ3) is 6.81. The lowest BCUT2D eigenvalue weighted by Crippen LogP contribution is -2.66. The molecule has 2 atom stereocenters. The maximum absolute atomic E-state index is 13.9. The lowest BCUT2D eigenvalue weighted by molar-refractivity contribution is -0.151. The van der Waals surface area contributed by atoms with Gasteiger partial charge in [0.15, 0.2) is 5.69 Å². The molecule has 1 heterocycles. The molecule has 1 fully saturated rings. The Morgan fingerprint density at radius 2 is 1.66 bits per heavy atom. The zero-order chi connectivity index (χ0) is 30.9. The Labute approximate surface area is 261 Å². The number of carbonyl (C=O) groups is 2. The van der Waals surface area contributed by atoms with Crippen molar-refractivity contribution in [3.8, 4) is 5.75 Å². The topological polar surface area (TPSA) is 80.2 Å². The van der Waals surface area contributed by atoms with Crippen LogP contribution in [0.2, 0.25) is 0 Å². The van der Waals surface area contributed by atoms with Gasteiger partial charge in [-0.05, 0) is 56.5 Å². The van der Waals surface area contributed by atoms with Crippen molar-refractivity contribution in [2.75, 3.05) is 13.7 Å². The summed E-state index contributed by atoms with van der Waals surface area (Å²) in [6.07, 6.45) is 7.49. The second-order valence-corrected chi connectivity index (χ2v) is 11.7. The second-order valence-electron chi connectivity index (χ2n) is 11.7. The third-order valence-electron chi connectivity index (χ3n) is 8.64. The van der Waals surface area contributed by atoms with Gasteiger partial charge in [-0.15, -0.1) is 4.59 Å². The standard InChI is InChI=1S/C36H44N4O4/c1-4-6-21-33-38-31-19-13-14-20-32(31)40(33,39(3)36(42)37-29-17-11-8-12-18-29)26-27-22-24-30(25-23-27)44-34(35(41)43-5-2)28-15-9-7-10-16-28/h7,9-10,13-16,19-20,22-25,29,34H,4-6,8,11-12,17-18,21,26H2,1-3H3/p+1.